The Labute approximate surface area is 105 Å². The molecular weight excluding hydrogens is 236 g/mol. The van der Waals surface area contributed by atoms with Gasteiger partial charge in [-0.3, -0.25) is 0 Å². The van der Waals surface area contributed by atoms with E-state index >= 15 is 0 Å². The number of nitrogens with zero attached hydrogens (tertiary/aromatic N) is 1. The van der Waals surface area contributed by atoms with Gasteiger partial charge in [-0.25, -0.2) is 8.42 Å². The van der Waals surface area contributed by atoms with Gasteiger partial charge in [0.2, 0.25) is 10.0 Å². The molecule has 98 valence electrons. The van der Waals surface area contributed by atoms with Crippen LogP contribution in [-0.2, 0) is 10.0 Å². The average molecular weight is 258 g/mol. The molecule has 4 nitrogen and oxygen atoms in total. The predicted molar refractivity (Wildman–Crippen MR) is 70.1 cm³/mol. The summed E-state index contributed by atoms with van der Waals surface area (Å²) in [5, 5.41) is 3.31. The van der Waals surface area contributed by atoms with Crippen molar-refractivity contribution in [3.63, 3.8) is 0 Å². The Kier molecular flexibility index (Phi) is 5.96. The number of terminal acetylenes is 1. The fourth-order valence-electron chi connectivity index (χ4n) is 1.65. The van der Waals surface area contributed by atoms with Crippen LogP contribution in [0.4, 0.5) is 0 Å². The summed E-state index contributed by atoms with van der Waals surface area (Å²) in [5.41, 5.74) is 0. The molecule has 0 radical (unpaired) electrons. The maximum atomic E-state index is 12.0. The molecule has 0 unspecified atom stereocenters. The van der Waals surface area contributed by atoms with Crippen molar-refractivity contribution in [3.8, 4) is 12.3 Å². The Balaban J connectivity index is 2.32. The van der Waals surface area contributed by atoms with E-state index in [1.54, 1.807) is 0 Å². The van der Waals surface area contributed by atoms with E-state index in [4.69, 9.17) is 6.42 Å². The maximum Gasteiger partial charge on any atom is 0.215 e. The van der Waals surface area contributed by atoms with Crippen molar-refractivity contribution in [2.75, 3.05) is 25.4 Å². The van der Waals surface area contributed by atoms with E-state index in [2.05, 4.69) is 11.2 Å². The third-order valence-electron chi connectivity index (χ3n) is 2.72. The molecule has 0 spiro atoms. The molecule has 0 aliphatic heterocycles. The van der Waals surface area contributed by atoms with Gasteiger partial charge >= 0.3 is 0 Å². The topological polar surface area (TPSA) is 49.4 Å². The molecule has 1 aliphatic rings. The minimum Gasteiger partial charge on any atom is -0.314 e. The lowest BCUT2D eigenvalue weighted by Crippen LogP contribution is -2.35. The summed E-state index contributed by atoms with van der Waals surface area (Å²) in [6.45, 7) is 3.43. The molecule has 1 N–H and O–H groups in total. The van der Waals surface area contributed by atoms with Gasteiger partial charge in [0.25, 0.3) is 0 Å². The van der Waals surface area contributed by atoms with Gasteiger partial charge in [0.15, 0.2) is 0 Å². The van der Waals surface area contributed by atoms with E-state index in [9.17, 15) is 8.42 Å². The van der Waals surface area contributed by atoms with Gasteiger partial charge in [0, 0.05) is 12.6 Å². The first-order valence-electron chi connectivity index (χ1n) is 6.25. The smallest absolute Gasteiger partial charge is 0.215 e. The number of rotatable bonds is 9. The number of nitrogens with one attached hydrogen (secondary N) is 1. The van der Waals surface area contributed by atoms with Gasteiger partial charge in [-0.1, -0.05) is 12.8 Å². The largest absolute Gasteiger partial charge is 0.314 e. The number of sulfonamides is 1. The lowest BCUT2D eigenvalue weighted by Gasteiger charge is -2.19. The summed E-state index contributed by atoms with van der Waals surface area (Å²) in [5.74, 6) is 2.60. The van der Waals surface area contributed by atoms with Gasteiger partial charge < -0.3 is 5.32 Å². The highest BCUT2D eigenvalue weighted by molar-refractivity contribution is 7.89. The van der Waals surface area contributed by atoms with Crippen LogP contribution in [0.3, 0.4) is 0 Å². The quantitative estimate of drug-likeness (QED) is 0.492. The SMILES string of the molecule is C#CCN(CCC)S(=O)(=O)CCCNC1CC1. The number of hydrogen-bond donors (Lipinski definition) is 1. The van der Waals surface area contributed by atoms with Crippen molar-refractivity contribution in [3.05, 3.63) is 0 Å². The fraction of sp³-hybridized carbons (Fsp3) is 0.833. The number of hydrogen-bond acceptors (Lipinski definition) is 3. The Morgan fingerprint density at radius 3 is 2.71 bits per heavy atom. The lowest BCUT2D eigenvalue weighted by molar-refractivity contribution is 0.444. The molecule has 1 rings (SSSR count). The molecule has 0 atom stereocenters. The van der Waals surface area contributed by atoms with Crippen LogP contribution in [0.2, 0.25) is 0 Å². The highest BCUT2D eigenvalue weighted by Gasteiger charge is 2.22. The van der Waals surface area contributed by atoms with Crippen molar-refractivity contribution in [2.45, 2.75) is 38.6 Å². The molecule has 0 aromatic heterocycles. The summed E-state index contributed by atoms with van der Waals surface area (Å²) >= 11 is 0. The van der Waals surface area contributed by atoms with E-state index < -0.39 is 10.0 Å². The Morgan fingerprint density at radius 2 is 2.18 bits per heavy atom. The molecule has 1 saturated carbocycles. The second-order valence-corrected chi connectivity index (χ2v) is 6.52. The molecule has 1 fully saturated rings. The van der Waals surface area contributed by atoms with Gasteiger partial charge in [-0.15, -0.1) is 6.42 Å². The van der Waals surface area contributed by atoms with E-state index in [-0.39, 0.29) is 12.3 Å². The molecule has 17 heavy (non-hydrogen) atoms. The third-order valence-corrected chi connectivity index (χ3v) is 4.63. The second kappa shape index (κ2) is 7.00. The molecule has 0 heterocycles. The minimum atomic E-state index is -3.17. The van der Waals surface area contributed by atoms with Crippen LogP contribution in [0.15, 0.2) is 0 Å². The summed E-state index contributed by atoms with van der Waals surface area (Å²) in [4.78, 5) is 0. The molecule has 0 aromatic carbocycles. The molecule has 0 amide bonds. The van der Waals surface area contributed by atoms with E-state index in [0.717, 1.165) is 13.0 Å². The zero-order valence-electron chi connectivity index (χ0n) is 10.5. The van der Waals surface area contributed by atoms with Gasteiger partial charge in [-0.05, 0) is 32.2 Å². The van der Waals surface area contributed by atoms with Crippen LogP contribution in [0.5, 0.6) is 0 Å². The minimum absolute atomic E-state index is 0.187. The summed E-state index contributed by atoms with van der Waals surface area (Å²) in [6.07, 6.45) is 9.10. The average Bonchev–Trinajstić information content (AvgIpc) is 3.08. The molecule has 1 aliphatic carbocycles. The Morgan fingerprint density at radius 1 is 1.47 bits per heavy atom. The van der Waals surface area contributed by atoms with Crippen LogP contribution in [0.1, 0.15) is 32.6 Å². The predicted octanol–water partition coefficient (Wildman–Crippen LogP) is 0.803. The third kappa shape index (κ3) is 5.53. The van der Waals surface area contributed by atoms with Gasteiger partial charge in [-0.2, -0.15) is 4.31 Å². The zero-order chi connectivity index (χ0) is 12.7. The van der Waals surface area contributed by atoms with Crippen molar-refractivity contribution >= 4 is 10.0 Å². The molecule has 5 heteroatoms. The highest BCUT2D eigenvalue weighted by atomic mass is 32.2. The van der Waals surface area contributed by atoms with Crippen LogP contribution in [-0.4, -0.2) is 44.2 Å². The van der Waals surface area contributed by atoms with Crippen molar-refractivity contribution in [1.82, 2.24) is 9.62 Å². The first-order valence-corrected chi connectivity index (χ1v) is 7.85. The van der Waals surface area contributed by atoms with E-state index in [1.165, 1.54) is 17.1 Å². The van der Waals surface area contributed by atoms with Crippen molar-refractivity contribution in [1.29, 1.82) is 0 Å². The van der Waals surface area contributed by atoms with Crippen molar-refractivity contribution in [2.24, 2.45) is 0 Å². The van der Waals surface area contributed by atoms with Crippen LogP contribution in [0, 0.1) is 12.3 Å². The monoisotopic (exact) mass is 258 g/mol. The Hall–Kier alpha value is -0.570. The summed E-state index contributed by atoms with van der Waals surface area (Å²) in [6, 6.07) is 0.634. The van der Waals surface area contributed by atoms with E-state index in [0.29, 0.717) is 19.0 Å². The van der Waals surface area contributed by atoms with Crippen LogP contribution >= 0.6 is 0 Å². The summed E-state index contributed by atoms with van der Waals surface area (Å²) in [7, 11) is -3.17. The van der Waals surface area contributed by atoms with E-state index in [1.807, 2.05) is 6.92 Å². The Bertz CT molecular complexity index is 355. The first-order chi connectivity index (χ1) is 8.10. The lowest BCUT2D eigenvalue weighted by atomic mass is 10.5. The summed E-state index contributed by atoms with van der Waals surface area (Å²) < 4.78 is 25.4. The van der Waals surface area contributed by atoms with Gasteiger partial charge in [0.1, 0.15) is 0 Å². The van der Waals surface area contributed by atoms with Crippen molar-refractivity contribution < 1.29 is 8.42 Å². The molecule has 0 aromatic rings. The van der Waals surface area contributed by atoms with Crippen LogP contribution in [0.25, 0.3) is 0 Å². The second-order valence-electron chi connectivity index (χ2n) is 4.44. The zero-order valence-corrected chi connectivity index (χ0v) is 11.3. The molecule has 0 saturated heterocycles. The van der Waals surface area contributed by atoms with Gasteiger partial charge in [0.05, 0.1) is 12.3 Å². The standard InChI is InChI=1S/C12H22N2O2S/c1-3-9-14(10-4-2)17(15,16)11-5-8-13-12-6-7-12/h1,12-13H,4-11H2,2H3. The normalized spacial score (nSPS) is 16.1. The molecular formula is C12H22N2O2S. The van der Waals surface area contributed by atoms with Crippen LogP contribution < -0.4 is 5.32 Å². The highest BCUT2D eigenvalue weighted by Crippen LogP contribution is 2.18. The molecule has 0 bridgehead atoms. The maximum absolute atomic E-state index is 12.0. The first kappa shape index (κ1) is 14.5. The fourth-order valence-corrected chi connectivity index (χ4v) is 3.14.